The van der Waals surface area contributed by atoms with Crippen LogP contribution in [-0.4, -0.2) is 55.4 Å². The number of hydrogen-bond donors (Lipinski definition) is 0. The van der Waals surface area contributed by atoms with E-state index in [-0.39, 0.29) is 36.3 Å². The molecule has 0 spiro atoms. The summed E-state index contributed by atoms with van der Waals surface area (Å²) in [6, 6.07) is 12.2. The molecule has 1 fully saturated rings. The second kappa shape index (κ2) is 9.12. The fourth-order valence-corrected chi connectivity index (χ4v) is 4.99. The third kappa shape index (κ3) is 5.47. The molecule has 0 N–H and O–H groups in total. The van der Waals surface area contributed by atoms with Gasteiger partial charge in [0.25, 0.3) is 11.6 Å². The number of hydrogen-bond acceptors (Lipinski definition) is 7. The van der Waals surface area contributed by atoms with Crippen molar-refractivity contribution in [3.05, 3.63) is 64.2 Å². The van der Waals surface area contributed by atoms with E-state index in [1.54, 1.807) is 19.2 Å². The normalized spacial score (nSPS) is 17.3. The van der Waals surface area contributed by atoms with Crippen LogP contribution in [0.1, 0.15) is 12.0 Å². The predicted octanol–water partition coefficient (Wildman–Crippen LogP) is 2.20. The number of sulfone groups is 1. The highest BCUT2D eigenvalue weighted by molar-refractivity contribution is 7.91. The largest absolute Gasteiger partial charge is 0.497 e. The molecule has 10 heteroatoms. The second-order valence-electron chi connectivity index (χ2n) is 6.97. The van der Waals surface area contributed by atoms with Crippen molar-refractivity contribution >= 4 is 21.4 Å². The van der Waals surface area contributed by atoms with Crippen LogP contribution in [-0.2, 0) is 21.2 Å². The number of ether oxygens (including phenoxy) is 2. The molecule has 2 aromatic carbocycles. The van der Waals surface area contributed by atoms with Crippen LogP contribution in [0.5, 0.6) is 11.5 Å². The first-order valence-corrected chi connectivity index (χ1v) is 11.1. The Balaban J connectivity index is 1.71. The van der Waals surface area contributed by atoms with Crippen molar-refractivity contribution in [2.75, 3.05) is 25.2 Å². The van der Waals surface area contributed by atoms with Gasteiger partial charge in [0, 0.05) is 24.7 Å². The molecule has 160 valence electrons. The highest BCUT2D eigenvalue weighted by Crippen LogP contribution is 2.22. The first-order valence-electron chi connectivity index (χ1n) is 9.27. The zero-order valence-electron chi connectivity index (χ0n) is 16.4. The minimum atomic E-state index is -3.18. The van der Waals surface area contributed by atoms with Crippen LogP contribution in [0.3, 0.4) is 0 Å². The van der Waals surface area contributed by atoms with Crippen LogP contribution in [0.2, 0.25) is 0 Å². The number of nitro benzene ring substituents is 1. The van der Waals surface area contributed by atoms with Gasteiger partial charge in [-0.3, -0.25) is 14.9 Å². The maximum Gasteiger partial charge on any atom is 0.269 e. The first kappa shape index (κ1) is 21.6. The summed E-state index contributed by atoms with van der Waals surface area (Å²) in [5.74, 6) is 0.616. The molecule has 0 unspecified atom stereocenters. The van der Waals surface area contributed by atoms with Crippen LogP contribution >= 0.6 is 0 Å². The molecule has 2 aromatic rings. The van der Waals surface area contributed by atoms with Crippen molar-refractivity contribution in [2.24, 2.45) is 0 Å². The second-order valence-corrected chi connectivity index (χ2v) is 9.19. The van der Waals surface area contributed by atoms with Gasteiger partial charge in [-0.1, -0.05) is 12.1 Å². The Morgan fingerprint density at radius 1 is 1.13 bits per heavy atom. The average molecular weight is 434 g/mol. The van der Waals surface area contributed by atoms with E-state index in [4.69, 9.17) is 9.47 Å². The highest BCUT2D eigenvalue weighted by Gasteiger charge is 2.34. The quantitative estimate of drug-likeness (QED) is 0.462. The highest BCUT2D eigenvalue weighted by atomic mass is 32.2. The Kier molecular flexibility index (Phi) is 6.56. The summed E-state index contributed by atoms with van der Waals surface area (Å²) in [7, 11) is -1.62. The van der Waals surface area contributed by atoms with Crippen LogP contribution in [0.4, 0.5) is 5.69 Å². The molecule has 9 nitrogen and oxygen atoms in total. The number of carbonyl (C=O) groups excluding carboxylic acids is 1. The first-order chi connectivity index (χ1) is 14.3. The van der Waals surface area contributed by atoms with E-state index < -0.39 is 20.8 Å². The third-order valence-electron chi connectivity index (χ3n) is 4.89. The van der Waals surface area contributed by atoms with Gasteiger partial charge in [0.2, 0.25) is 0 Å². The molecule has 0 aromatic heterocycles. The molecule has 1 amide bonds. The SMILES string of the molecule is COc1ccc(CN(C(=O)COc2ccc([N+](=O)[O-])cc2)[C@H]2CCS(=O)(=O)C2)cc1. The van der Waals surface area contributed by atoms with E-state index in [0.29, 0.717) is 17.9 Å². The number of non-ortho nitro benzene ring substituents is 1. The molecule has 1 atom stereocenters. The fraction of sp³-hybridized carbons (Fsp3) is 0.350. The van der Waals surface area contributed by atoms with Gasteiger partial charge in [-0.05, 0) is 36.2 Å². The Morgan fingerprint density at radius 3 is 2.30 bits per heavy atom. The van der Waals surface area contributed by atoms with Gasteiger partial charge in [0.1, 0.15) is 11.5 Å². The Labute approximate surface area is 174 Å². The smallest absolute Gasteiger partial charge is 0.269 e. The lowest BCUT2D eigenvalue weighted by molar-refractivity contribution is -0.384. The number of carbonyl (C=O) groups is 1. The molecule has 3 rings (SSSR count). The van der Waals surface area contributed by atoms with E-state index >= 15 is 0 Å². The fourth-order valence-electron chi connectivity index (χ4n) is 3.26. The van der Waals surface area contributed by atoms with Crippen molar-refractivity contribution < 1.29 is 27.6 Å². The van der Waals surface area contributed by atoms with Gasteiger partial charge in [-0.25, -0.2) is 8.42 Å². The van der Waals surface area contributed by atoms with Crippen molar-refractivity contribution in [1.29, 1.82) is 0 Å². The standard InChI is InChI=1S/C20H22N2O7S/c1-28-18-6-2-15(3-7-18)12-21(17-10-11-30(26,27)14-17)20(23)13-29-19-8-4-16(5-9-19)22(24)25/h2-9,17H,10-14H2,1H3/t17-/m0/s1. The topological polar surface area (TPSA) is 116 Å². The van der Waals surface area contributed by atoms with Gasteiger partial charge in [-0.15, -0.1) is 0 Å². The Morgan fingerprint density at radius 2 is 1.77 bits per heavy atom. The molecule has 0 saturated carbocycles. The Hall–Kier alpha value is -3.14. The van der Waals surface area contributed by atoms with Crippen molar-refractivity contribution in [3.63, 3.8) is 0 Å². The van der Waals surface area contributed by atoms with Crippen molar-refractivity contribution in [3.8, 4) is 11.5 Å². The summed E-state index contributed by atoms with van der Waals surface area (Å²) in [6.07, 6.45) is 0.377. The van der Waals surface area contributed by atoms with E-state index in [1.807, 2.05) is 12.1 Å². The maximum absolute atomic E-state index is 12.9. The monoisotopic (exact) mass is 434 g/mol. The summed E-state index contributed by atoms with van der Waals surface area (Å²) in [4.78, 5) is 24.6. The zero-order chi connectivity index (χ0) is 21.7. The summed E-state index contributed by atoms with van der Waals surface area (Å²) >= 11 is 0. The third-order valence-corrected chi connectivity index (χ3v) is 6.64. The minimum absolute atomic E-state index is 0.0489. The molecule has 0 aliphatic carbocycles. The number of benzene rings is 2. The number of amides is 1. The predicted molar refractivity (Wildman–Crippen MR) is 109 cm³/mol. The van der Waals surface area contributed by atoms with Gasteiger partial charge < -0.3 is 14.4 Å². The van der Waals surface area contributed by atoms with Gasteiger partial charge in [0.05, 0.1) is 23.5 Å². The minimum Gasteiger partial charge on any atom is -0.497 e. The summed E-state index contributed by atoms with van der Waals surface area (Å²) in [5, 5.41) is 10.7. The molecule has 0 bridgehead atoms. The summed E-state index contributed by atoms with van der Waals surface area (Å²) < 4.78 is 34.5. The van der Waals surface area contributed by atoms with Gasteiger partial charge >= 0.3 is 0 Å². The van der Waals surface area contributed by atoms with Crippen molar-refractivity contribution in [2.45, 2.75) is 19.0 Å². The number of nitrogens with zero attached hydrogens (tertiary/aromatic N) is 2. The molecular formula is C20H22N2O7S. The molecule has 1 saturated heterocycles. The number of rotatable bonds is 8. The van der Waals surface area contributed by atoms with E-state index in [9.17, 15) is 23.3 Å². The average Bonchev–Trinajstić information content (AvgIpc) is 3.10. The van der Waals surface area contributed by atoms with E-state index in [0.717, 1.165) is 5.56 Å². The molecule has 1 aliphatic rings. The van der Waals surface area contributed by atoms with Crippen LogP contribution in [0.25, 0.3) is 0 Å². The van der Waals surface area contributed by atoms with Crippen molar-refractivity contribution in [1.82, 2.24) is 4.90 Å². The Bertz CT molecular complexity index is 1000. The molecule has 0 radical (unpaired) electrons. The zero-order valence-corrected chi connectivity index (χ0v) is 17.2. The number of methoxy groups -OCH3 is 1. The molecule has 30 heavy (non-hydrogen) atoms. The van der Waals surface area contributed by atoms with Crippen LogP contribution in [0.15, 0.2) is 48.5 Å². The van der Waals surface area contributed by atoms with E-state index in [2.05, 4.69) is 0 Å². The molecule has 1 aliphatic heterocycles. The lowest BCUT2D eigenvalue weighted by Crippen LogP contribution is -2.43. The van der Waals surface area contributed by atoms with E-state index in [1.165, 1.54) is 29.2 Å². The number of nitro groups is 1. The lowest BCUT2D eigenvalue weighted by Gasteiger charge is -2.28. The van der Waals surface area contributed by atoms with Gasteiger partial charge in [-0.2, -0.15) is 0 Å². The van der Waals surface area contributed by atoms with Crippen LogP contribution < -0.4 is 9.47 Å². The lowest BCUT2D eigenvalue weighted by atomic mass is 10.1. The molecular weight excluding hydrogens is 412 g/mol. The molecule has 1 heterocycles. The van der Waals surface area contributed by atoms with Crippen LogP contribution in [0, 0.1) is 10.1 Å². The van der Waals surface area contributed by atoms with Gasteiger partial charge in [0.15, 0.2) is 16.4 Å². The summed E-state index contributed by atoms with van der Waals surface area (Å²) in [5.41, 5.74) is 0.759. The summed E-state index contributed by atoms with van der Waals surface area (Å²) in [6.45, 7) is -0.0584. The maximum atomic E-state index is 12.9.